The number of nitrogens with zero attached hydrogens (tertiary/aromatic N) is 7. The summed E-state index contributed by atoms with van der Waals surface area (Å²) in [5, 5.41) is 4.65. The molecule has 0 spiro atoms. The van der Waals surface area contributed by atoms with Gasteiger partial charge < -0.3 is 29.3 Å². The van der Waals surface area contributed by atoms with Crippen molar-refractivity contribution in [3.05, 3.63) is 10.3 Å². The minimum atomic E-state index is -0.459. The zero-order valence-electron chi connectivity index (χ0n) is 26.3. The molecule has 0 bridgehead atoms. The molecule has 7 heterocycles. The quantitative estimate of drug-likeness (QED) is 0.494. The zero-order valence-corrected chi connectivity index (χ0v) is 27.9. The van der Waals surface area contributed by atoms with Crippen LogP contribution in [0.15, 0.2) is 0 Å². The fourth-order valence-electron chi connectivity index (χ4n) is 6.88. The number of anilines is 1. The molecule has 14 heteroatoms. The summed E-state index contributed by atoms with van der Waals surface area (Å²) < 4.78 is 17.3. The monoisotopic (exact) mass is 650 g/mol. The highest BCUT2D eigenvalue weighted by Crippen LogP contribution is 2.35. The molecular formula is C30H47ClN8O4S. The summed E-state index contributed by atoms with van der Waals surface area (Å²) in [5.41, 5.74) is 0.210. The molecule has 12 nitrogen and oxygen atoms in total. The zero-order chi connectivity index (χ0) is 30.7. The molecular weight excluding hydrogens is 604 g/mol. The second kappa shape index (κ2) is 14.3. The third-order valence-corrected chi connectivity index (χ3v) is 10.2. The maximum atomic E-state index is 12.4. The number of ether oxygens (including phenoxy) is 3. The van der Waals surface area contributed by atoms with Gasteiger partial charge in [0.05, 0.1) is 33.0 Å². The van der Waals surface area contributed by atoms with Crippen LogP contribution in [0.5, 0.6) is 0 Å². The number of likely N-dealkylation sites (tertiary alicyclic amines) is 2. The molecule has 7 rings (SSSR count). The van der Waals surface area contributed by atoms with Gasteiger partial charge in [0.15, 0.2) is 11.5 Å². The summed E-state index contributed by atoms with van der Waals surface area (Å²) in [6, 6.07) is 0.829. The van der Waals surface area contributed by atoms with Crippen molar-refractivity contribution < 1.29 is 19.0 Å². The van der Waals surface area contributed by atoms with Crippen molar-refractivity contribution in [2.75, 3.05) is 96.8 Å². The molecule has 0 radical (unpaired) electrons. The molecule has 244 valence electrons. The van der Waals surface area contributed by atoms with Crippen molar-refractivity contribution in [2.45, 2.75) is 51.8 Å². The Hall–Kier alpha value is -1.87. The van der Waals surface area contributed by atoms with Crippen molar-refractivity contribution in [1.29, 1.82) is 0 Å². The summed E-state index contributed by atoms with van der Waals surface area (Å²) in [6.45, 7) is 19.4. The van der Waals surface area contributed by atoms with Crippen LogP contribution in [-0.2, 0) is 20.8 Å². The first-order valence-corrected chi connectivity index (χ1v) is 17.3. The summed E-state index contributed by atoms with van der Waals surface area (Å²) >= 11 is 7.85. The van der Waals surface area contributed by atoms with Crippen LogP contribution in [0.1, 0.15) is 38.6 Å². The number of piperidine rings is 1. The first-order chi connectivity index (χ1) is 21.2. The fourth-order valence-corrected chi connectivity index (χ4v) is 8.11. The first-order valence-electron chi connectivity index (χ1n) is 16.1. The Morgan fingerprint density at radius 1 is 0.955 bits per heavy atom. The Kier molecular flexibility index (Phi) is 10.4. The predicted molar refractivity (Wildman–Crippen MR) is 172 cm³/mol. The molecule has 5 fully saturated rings. The van der Waals surface area contributed by atoms with Crippen LogP contribution in [0.4, 0.5) is 10.6 Å². The van der Waals surface area contributed by atoms with E-state index >= 15 is 0 Å². The third kappa shape index (κ3) is 8.09. The van der Waals surface area contributed by atoms with Crippen LogP contribution in [-0.4, -0.2) is 139 Å². The molecule has 0 aliphatic carbocycles. The van der Waals surface area contributed by atoms with Crippen molar-refractivity contribution >= 4 is 45.2 Å². The molecule has 0 saturated carbocycles. The van der Waals surface area contributed by atoms with Gasteiger partial charge in [-0.3, -0.25) is 9.80 Å². The lowest BCUT2D eigenvalue weighted by atomic mass is 10.0. The fraction of sp³-hybridized carbons (Fsp3) is 0.800. The summed E-state index contributed by atoms with van der Waals surface area (Å²) in [7, 11) is 0. The second-order valence-corrected chi connectivity index (χ2v) is 14.8. The number of hydrogen-bond acceptors (Lipinski definition) is 12. The van der Waals surface area contributed by atoms with Crippen LogP contribution in [0.25, 0.3) is 10.3 Å². The number of thiazole rings is 1. The van der Waals surface area contributed by atoms with E-state index in [2.05, 4.69) is 30.0 Å². The summed E-state index contributed by atoms with van der Waals surface area (Å²) in [5.74, 6) is 1.82. The molecule has 5 aliphatic rings. The number of morpholine rings is 2. The van der Waals surface area contributed by atoms with E-state index in [0.717, 1.165) is 93.7 Å². The standard InChI is InChI=1S/C21H29ClN6O3S.C9H18N2O/c1-21(2,3)31-20(29)28-10-13-8-26(9-14(13)11-28)12-15-23-17-16(32-15)18(25-19(22)24-17)27-4-6-30-7-5-27;1-3-10-4-2-9(1)11-5-7-12-8-6-11/h13-14H,4-12H2,1-3H3;9-10H,1-8H2. The highest BCUT2D eigenvalue weighted by molar-refractivity contribution is 7.19. The number of carbonyl (C=O) groups is 1. The number of carbonyl (C=O) groups excluding carboxylic acids is 1. The first kappa shape index (κ1) is 32.1. The van der Waals surface area contributed by atoms with Gasteiger partial charge in [-0.15, -0.1) is 11.3 Å². The highest BCUT2D eigenvalue weighted by Gasteiger charge is 2.42. The van der Waals surface area contributed by atoms with Gasteiger partial charge in [0, 0.05) is 58.4 Å². The van der Waals surface area contributed by atoms with Gasteiger partial charge in [-0.1, -0.05) is 0 Å². The largest absolute Gasteiger partial charge is 0.444 e. The minimum Gasteiger partial charge on any atom is -0.444 e. The van der Waals surface area contributed by atoms with Crippen molar-refractivity contribution in [1.82, 2.24) is 35.0 Å². The lowest BCUT2D eigenvalue weighted by molar-refractivity contribution is 0.0101. The van der Waals surface area contributed by atoms with E-state index in [-0.39, 0.29) is 11.4 Å². The lowest BCUT2D eigenvalue weighted by Crippen LogP contribution is -2.47. The molecule has 1 N–H and O–H groups in total. The third-order valence-electron chi connectivity index (χ3n) is 9.01. The van der Waals surface area contributed by atoms with Crippen molar-refractivity contribution in [2.24, 2.45) is 11.8 Å². The molecule has 1 amide bonds. The van der Waals surface area contributed by atoms with Gasteiger partial charge in [-0.05, 0) is 70.1 Å². The molecule has 2 unspecified atom stereocenters. The predicted octanol–water partition coefficient (Wildman–Crippen LogP) is 2.95. The van der Waals surface area contributed by atoms with E-state index in [1.807, 2.05) is 25.7 Å². The van der Waals surface area contributed by atoms with E-state index in [0.29, 0.717) is 30.7 Å². The molecule has 2 aromatic rings. The number of fused-ring (bicyclic) bond motifs is 2. The second-order valence-electron chi connectivity index (χ2n) is 13.4. The number of nitrogens with one attached hydrogen (secondary N) is 1. The number of amides is 1. The molecule has 5 saturated heterocycles. The van der Waals surface area contributed by atoms with Gasteiger partial charge in [0.25, 0.3) is 0 Å². The molecule has 2 atom stereocenters. The Morgan fingerprint density at radius 3 is 2.23 bits per heavy atom. The van der Waals surface area contributed by atoms with Crippen LogP contribution in [0.2, 0.25) is 5.28 Å². The Balaban J connectivity index is 0.000000238. The number of aromatic nitrogens is 3. The van der Waals surface area contributed by atoms with E-state index < -0.39 is 5.60 Å². The molecule has 44 heavy (non-hydrogen) atoms. The average Bonchev–Trinajstić information content (AvgIpc) is 3.71. The lowest BCUT2D eigenvalue weighted by Gasteiger charge is -2.36. The number of halogens is 1. The topological polar surface area (TPSA) is 108 Å². The van der Waals surface area contributed by atoms with Crippen LogP contribution >= 0.6 is 22.9 Å². The summed E-state index contributed by atoms with van der Waals surface area (Å²) in [6.07, 6.45) is 2.44. The van der Waals surface area contributed by atoms with Crippen molar-refractivity contribution in [3.63, 3.8) is 0 Å². The molecule has 2 aromatic heterocycles. The van der Waals surface area contributed by atoms with Gasteiger partial charge in [-0.2, -0.15) is 9.97 Å². The van der Waals surface area contributed by atoms with E-state index in [1.165, 1.54) is 25.9 Å². The maximum absolute atomic E-state index is 12.4. The van der Waals surface area contributed by atoms with Gasteiger partial charge in [0.2, 0.25) is 5.28 Å². The smallest absolute Gasteiger partial charge is 0.410 e. The van der Waals surface area contributed by atoms with Gasteiger partial charge in [0.1, 0.15) is 15.3 Å². The minimum absolute atomic E-state index is 0.198. The summed E-state index contributed by atoms with van der Waals surface area (Å²) in [4.78, 5) is 35.1. The van der Waals surface area contributed by atoms with E-state index in [1.54, 1.807) is 11.3 Å². The number of rotatable bonds is 4. The van der Waals surface area contributed by atoms with Crippen LogP contribution in [0, 0.1) is 11.8 Å². The normalized spacial score (nSPS) is 25.6. The maximum Gasteiger partial charge on any atom is 0.410 e. The van der Waals surface area contributed by atoms with Crippen LogP contribution < -0.4 is 10.2 Å². The Morgan fingerprint density at radius 2 is 1.59 bits per heavy atom. The Bertz CT molecular complexity index is 1230. The molecule has 5 aliphatic heterocycles. The molecule has 0 aromatic carbocycles. The van der Waals surface area contributed by atoms with E-state index in [9.17, 15) is 4.79 Å². The van der Waals surface area contributed by atoms with Crippen molar-refractivity contribution in [3.8, 4) is 0 Å². The SMILES string of the molecule is C1CC(N2CCOCC2)CCN1.CC(C)(C)OC(=O)N1CC2CN(Cc3nc4nc(Cl)nc(N5CCOCC5)c4s3)CC2C1. The van der Waals surface area contributed by atoms with Gasteiger partial charge >= 0.3 is 6.09 Å². The van der Waals surface area contributed by atoms with E-state index in [4.69, 9.17) is 30.8 Å². The number of hydrogen-bond donors (Lipinski definition) is 1. The Labute approximate surface area is 269 Å². The van der Waals surface area contributed by atoms with Gasteiger partial charge in [-0.25, -0.2) is 9.78 Å². The van der Waals surface area contributed by atoms with Crippen LogP contribution in [0.3, 0.4) is 0 Å². The highest BCUT2D eigenvalue weighted by atomic mass is 35.5. The average molecular weight is 651 g/mol.